The molecule has 4 rings (SSSR count). The number of benzene rings is 2. The normalized spacial score (nSPS) is 17.9. The molecule has 7 heteroatoms. The van der Waals surface area contributed by atoms with E-state index < -0.39 is 17.5 Å². The summed E-state index contributed by atoms with van der Waals surface area (Å²) in [7, 11) is 0. The fraction of sp³-hybridized carbons (Fsp3) is 0.440. The van der Waals surface area contributed by atoms with Gasteiger partial charge in [0, 0.05) is 44.5 Å². The van der Waals surface area contributed by atoms with Gasteiger partial charge in [-0.1, -0.05) is 30.3 Å². The van der Waals surface area contributed by atoms with E-state index in [9.17, 15) is 18.4 Å². The monoisotopic (exact) mass is 442 g/mol. The SMILES string of the molecule is O=C(c1ccc(F)cc1F)N1CCC(N(C(=O)Cc2ccccc2)C2CCOCC2)CC1. The van der Waals surface area contributed by atoms with Gasteiger partial charge in [-0.2, -0.15) is 0 Å². The van der Waals surface area contributed by atoms with Gasteiger partial charge >= 0.3 is 0 Å². The van der Waals surface area contributed by atoms with Crippen LogP contribution in [-0.4, -0.2) is 60.0 Å². The number of nitrogens with zero attached hydrogens (tertiary/aromatic N) is 2. The Hall–Kier alpha value is -2.80. The number of amides is 2. The summed E-state index contributed by atoms with van der Waals surface area (Å²) in [6.07, 6.45) is 3.22. The van der Waals surface area contributed by atoms with Crippen LogP contribution in [0.4, 0.5) is 8.78 Å². The van der Waals surface area contributed by atoms with Gasteiger partial charge in [0.15, 0.2) is 0 Å². The van der Waals surface area contributed by atoms with E-state index in [2.05, 4.69) is 0 Å². The minimum atomic E-state index is -0.848. The largest absolute Gasteiger partial charge is 0.381 e. The Bertz CT molecular complexity index is 939. The predicted molar refractivity (Wildman–Crippen MR) is 116 cm³/mol. The van der Waals surface area contributed by atoms with Gasteiger partial charge in [-0.25, -0.2) is 8.78 Å². The zero-order valence-electron chi connectivity index (χ0n) is 18.0. The maximum Gasteiger partial charge on any atom is 0.256 e. The molecule has 0 radical (unpaired) electrons. The summed E-state index contributed by atoms with van der Waals surface area (Å²) in [5, 5.41) is 0. The van der Waals surface area contributed by atoms with Crippen LogP contribution in [0, 0.1) is 11.6 Å². The predicted octanol–water partition coefficient (Wildman–Crippen LogP) is 3.82. The highest BCUT2D eigenvalue weighted by Gasteiger charge is 2.35. The summed E-state index contributed by atoms with van der Waals surface area (Å²) in [5.74, 6) is -1.90. The molecule has 0 bridgehead atoms. The summed E-state index contributed by atoms with van der Waals surface area (Å²) in [6, 6.07) is 12.9. The molecule has 2 amide bonds. The lowest BCUT2D eigenvalue weighted by atomic mass is 9.96. The quantitative estimate of drug-likeness (QED) is 0.708. The molecule has 0 spiro atoms. The van der Waals surface area contributed by atoms with Crippen molar-refractivity contribution in [3.05, 3.63) is 71.3 Å². The van der Waals surface area contributed by atoms with E-state index >= 15 is 0 Å². The van der Waals surface area contributed by atoms with Crippen LogP contribution >= 0.6 is 0 Å². The Balaban J connectivity index is 1.44. The topological polar surface area (TPSA) is 49.9 Å². The number of ether oxygens (including phenoxy) is 1. The smallest absolute Gasteiger partial charge is 0.256 e. The second kappa shape index (κ2) is 10.2. The van der Waals surface area contributed by atoms with Gasteiger partial charge in [0.25, 0.3) is 5.91 Å². The van der Waals surface area contributed by atoms with Crippen molar-refractivity contribution in [1.29, 1.82) is 0 Å². The van der Waals surface area contributed by atoms with Crippen molar-refractivity contribution in [2.75, 3.05) is 26.3 Å². The number of rotatable bonds is 5. The van der Waals surface area contributed by atoms with Gasteiger partial charge in [0.2, 0.25) is 5.91 Å². The fourth-order valence-electron chi connectivity index (χ4n) is 4.71. The van der Waals surface area contributed by atoms with Crippen molar-refractivity contribution in [3.63, 3.8) is 0 Å². The van der Waals surface area contributed by atoms with Gasteiger partial charge in [0.1, 0.15) is 11.6 Å². The maximum absolute atomic E-state index is 14.1. The number of piperidine rings is 1. The lowest BCUT2D eigenvalue weighted by Crippen LogP contribution is -2.54. The zero-order valence-corrected chi connectivity index (χ0v) is 18.0. The molecule has 0 aliphatic carbocycles. The Morgan fingerprint density at radius 3 is 2.25 bits per heavy atom. The highest BCUT2D eigenvalue weighted by Crippen LogP contribution is 2.26. The molecule has 2 aliphatic rings. The average Bonchev–Trinajstić information content (AvgIpc) is 2.81. The molecule has 2 fully saturated rings. The molecule has 32 heavy (non-hydrogen) atoms. The first kappa shape index (κ1) is 22.4. The molecule has 0 saturated carbocycles. The lowest BCUT2D eigenvalue weighted by Gasteiger charge is -2.43. The molecular weight excluding hydrogens is 414 g/mol. The van der Waals surface area contributed by atoms with Crippen LogP contribution in [0.1, 0.15) is 41.6 Å². The Kier molecular flexibility index (Phi) is 7.15. The molecular formula is C25H28F2N2O3. The van der Waals surface area contributed by atoms with Crippen molar-refractivity contribution in [1.82, 2.24) is 9.80 Å². The summed E-state index contributed by atoms with van der Waals surface area (Å²) < 4.78 is 32.8. The third-order valence-electron chi connectivity index (χ3n) is 6.38. The standard InChI is InChI=1S/C25H28F2N2O3/c26-19-6-7-22(23(27)17-19)25(31)28-12-8-20(9-13-28)29(21-10-14-32-15-11-21)24(30)16-18-4-2-1-3-5-18/h1-7,17,20-21H,8-16H2. The molecule has 0 aromatic heterocycles. The first-order chi connectivity index (χ1) is 15.5. The molecule has 0 unspecified atom stereocenters. The first-order valence-electron chi connectivity index (χ1n) is 11.2. The first-order valence-corrected chi connectivity index (χ1v) is 11.2. The molecule has 170 valence electrons. The summed E-state index contributed by atoms with van der Waals surface area (Å²) in [6.45, 7) is 2.14. The Morgan fingerprint density at radius 2 is 1.59 bits per heavy atom. The number of carbonyl (C=O) groups is 2. The average molecular weight is 443 g/mol. The van der Waals surface area contributed by atoms with Crippen LogP contribution < -0.4 is 0 Å². The number of hydrogen-bond acceptors (Lipinski definition) is 3. The van der Waals surface area contributed by atoms with E-state index in [0.717, 1.165) is 30.5 Å². The second-order valence-electron chi connectivity index (χ2n) is 8.45. The van der Waals surface area contributed by atoms with Crippen molar-refractivity contribution < 1.29 is 23.1 Å². The zero-order chi connectivity index (χ0) is 22.5. The number of likely N-dealkylation sites (tertiary alicyclic amines) is 1. The van der Waals surface area contributed by atoms with E-state index in [4.69, 9.17) is 4.74 Å². The van der Waals surface area contributed by atoms with Gasteiger partial charge < -0.3 is 14.5 Å². The van der Waals surface area contributed by atoms with Crippen molar-refractivity contribution >= 4 is 11.8 Å². The highest BCUT2D eigenvalue weighted by molar-refractivity contribution is 5.94. The number of halogens is 2. The third kappa shape index (κ3) is 5.15. The van der Waals surface area contributed by atoms with Gasteiger partial charge in [0.05, 0.1) is 12.0 Å². The van der Waals surface area contributed by atoms with Crippen molar-refractivity contribution in [2.24, 2.45) is 0 Å². The van der Waals surface area contributed by atoms with Crippen LogP contribution in [0.25, 0.3) is 0 Å². The summed E-state index contributed by atoms with van der Waals surface area (Å²) in [5.41, 5.74) is 0.861. The summed E-state index contributed by atoms with van der Waals surface area (Å²) >= 11 is 0. The van der Waals surface area contributed by atoms with Crippen molar-refractivity contribution in [3.8, 4) is 0 Å². The molecule has 0 atom stereocenters. The van der Waals surface area contributed by atoms with E-state index in [1.54, 1.807) is 4.90 Å². The van der Waals surface area contributed by atoms with E-state index in [1.807, 2.05) is 35.2 Å². The fourth-order valence-corrected chi connectivity index (χ4v) is 4.71. The van der Waals surface area contributed by atoms with Crippen molar-refractivity contribution in [2.45, 2.75) is 44.2 Å². The maximum atomic E-state index is 14.1. The highest BCUT2D eigenvalue weighted by atomic mass is 19.1. The molecule has 0 N–H and O–H groups in total. The lowest BCUT2D eigenvalue weighted by molar-refractivity contribution is -0.139. The van der Waals surface area contributed by atoms with Crippen LogP contribution in [0.15, 0.2) is 48.5 Å². The second-order valence-corrected chi connectivity index (χ2v) is 8.45. The molecule has 2 aromatic rings. The number of hydrogen-bond donors (Lipinski definition) is 0. The van der Waals surface area contributed by atoms with E-state index in [1.165, 1.54) is 6.07 Å². The minimum Gasteiger partial charge on any atom is -0.381 e. The van der Waals surface area contributed by atoms with Gasteiger partial charge in [-0.3, -0.25) is 9.59 Å². The molecule has 2 saturated heterocycles. The number of carbonyl (C=O) groups excluding carboxylic acids is 2. The van der Waals surface area contributed by atoms with Crippen LogP contribution in [-0.2, 0) is 16.0 Å². The Labute approximate surface area is 187 Å². The van der Waals surface area contributed by atoms with Crippen LogP contribution in [0.2, 0.25) is 0 Å². The summed E-state index contributed by atoms with van der Waals surface area (Å²) in [4.78, 5) is 29.7. The molecule has 5 nitrogen and oxygen atoms in total. The van der Waals surface area contributed by atoms with Crippen LogP contribution in [0.5, 0.6) is 0 Å². The van der Waals surface area contributed by atoms with E-state index in [-0.39, 0.29) is 23.6 Å². The Morgan fingerprint density at radius 1 is 0.938 bits per heavy atom. The van der Waals surface area contributed by atoms with Crippen LogP contribution in [0.3, 0.4) is 0 Å². The molecule has 2 aromatic carbocycles. The van der Waals surface area contributed by atoms with Gasteiger partial charge in [-0.15, -0.1) is 0 Å². The third-order valence-corrected chi connectivity index (χ3v) is 6.38. The van der Waals surface area contributed by atoms with E-state index in [0.29, 0.717) is 45.6 Å². The minimum absolute atomic E-state index is 0.0245. The molecule has 2 aliphatic heterocycles. The van der Waals surface area contributed by atoms with Gasteiger partial charge in [-0.05, 0) is 43.4 Å². The molecule has 2 heterocycles.